The molecule has 0 saturated heterocycles. The number of pyridine rings is 2. The SMILES string of the molecule is Cc1cccc(C(F)(F)CNc2ncc(C)n(CC(=O)NCc3cncc4ccccc34)c2=O)n1. The van der Waals surface area contributed by atoms with Crippen LogP contribution < -0.4 is 16.2 Å². The van der Waals surface area contributed by atoms with E-state index in [9.17, 15) is 18.4 Å². The summed E-state index contributed by atoms with van der Waals surface area (Å²) in [7, 11) is 0. The summed E-state index contributed by atoms with van der Waals surface area (Å²) in [4.78, 5) is 37.5. The Morgan fingerprint density at radius 2 is 1.86 bits per heavy atom. The highest BCUT2D eigenvalue weighted by Gasteiger charge is 2.33. The van der Waals surface area contributed by atoms with Crippen molar-refractivity contribution in [3.05, 3.63) is 94.1 Å². The quantitative estimate of drug-likeness (QED) is 0.403. The molecule has 0 aliphatic carbocycles. The molecule has 4 aromatic rings. The minimum atomic E-state index is -3.32. The Morgan fingerprint density at radius 3 is 2.66 bits per heavy atom. The van der Waals surface area contributed by atoms with Gasteiger partial charge in [-0.25, -0.2) is 4.98 Å². The fourth-order valence-corrected chi connectivity index (χ4v) is 3.63. The first-order valence-corrected chi connectivity index (χ1v) is 11.0. The third-order valence-electron chi connectivity index (χ3n) is 5.52. The fourth-order valence-electron chi connectivity index (χ4n) is 3.63. The average Bonchev–Trinajstić information content (AvgIpc) is 2.85. The van der Waals surface area contributed by atoms with Crippen LogP contribution in [0.25, 0.3) is 10.8 Å². The van der Waals surface area contributed by atoms with Gasteiger partial charge in [0.15, 0.2) is 5.82 Å². The van der Waals surface area contributed by atoms with Crippen molar-refractivity contribution in [2.75, 3.05) is 11.9 Å². The second kappa shape index (κ2) is 9.96. The third kappa shape index (κ3) is 5.48. The van der Waals surface area contributed by atoms with Crippen molar-refractivity contribution in [1.82, 2.24) is 24.8 Å². The molecule has 180 valence electrons. The van der Waals surface area contributed by atoms with Gasteiger partial charge >= 0.3 is 5.92 Å². The second-order valence-corrected chi connectivity index (χ2v) is 8.16. The first kappa shape index (κ1) is 23.9. The Hall–Kier alpha value is -4.21. The highest BCUT2D eigenvalue weighted by Crippen LogP contribution is 2.26. The van der Waals surface area contributed by atoms with E-state index in [0.29, 0.717) is 11.4 Å². The number of rotatable bonds is 8. The number of carbonyl (C=O) groups is 1. The van der Waals surface area contributed by atoms with Gasteiger partial charge in [0.05, 0.1) is 6.54 Å². The lowest BCUT2D eigenvalue weighted by Crippen LogP contribution is -2.36. The summed E-state index contributed by atoms with van der Waals surface area (Å²) < 4.78 is 30.4. The summed E-state index contributed by atoms with van der Waals surface area (Å²) in [6.07, 6.45) is 4.78. The van der Waals surface area contributed by atoms with E-state index in [1.807, 2.05) is 24.3 Å². The molecule has 0 fully saturated rings. The van der Waals surface area contributed by atoms with Gasteiger partial charge in [0.1, 0.15) is 12.2 Å². The number of benzene rings is 1. The van der Waals surface area contributed by atoms with Gasteiger partial charge in [-0.15, -0.1) is 0 Å². The first-order chi connectivity index (χ1) is 16.7. The van der Waals surface area contributed by atoms with Crippen LogP contribution in [0.4, 0.5) is 14.6 Å². The molecule has 35 heavy (non-hydrogen) atoms. The minimum Gasteiger partial charge on any atom is -0.359 e. The number of anilines is 1. The van der Waals surface area contributed by atoms with Crippen LogP contribution in [0.3, 0.4) is 0 Å². The number of amides is 1. The molecule has 1 aromatic carbocycles. The van der Waals surface area contributed by atoms with Gasteiger partial charge in [-0.3, -0.25) is 24.1 Å². The second-order valence-electron chi connectivity index (χ2n) is 8.16. The molecule has 0 spiro atoms. The van der Waals surface area contributed by atoms with E-state index in [4.69, 9.17) is 0 Å². The van der Waals surface area contributed by atoms with Crippen molar-refractivity contribution in [2.24, 2.45) is 0 Å². The largest absolute Gasteiger partial charge is 0.359 e. The molecular weight excluding hydrogens is 454 g/mol. The standard InChI is InChI=1S/C25H24F2N6O2/c1-16-6-5-9-21(32-16)25(26,27)15-31-23-24(35)33(17(2)10-30-23)14-22(34)29-13-19-12-28-11-18-7-3-4-8-20(18)19/h3-12H,13-15H2,1-2H3,(H,29,34)(H,30,31). The summed E-state index contributed by atoms with van der Waals surface area (Å²) >= 11 is 0. The molecule has 0 atom stereocenters. The van der Waals surface area contributed by atoms with E-state index >= 15 is 0 Å². The molecule has 4 rings (SSSR count). The summed E-state index contributed by atoms with van der Waals surface area (Å²) in [6.45, 7) is 2.32. The Kier molecular flexibility index (Phi) is 6.81. The zero-order valence-corrected chi connectivity index (χ0v) is 19.3. The van der Waals surface area contributed by atoms with Crippen LogP contribution in [-0.2, 0) is 23.8 Å². The molecule has 10 heteroatoms. The topological polar surface area (TPSA) is 102 Å². The Morgan fingerprint density at radius 1 is 1.06 bits per heavy atom. The van der Waals surface area contributed by atoms with Crippen LogP contribution in [0.2, 0.25) is 0 Å². The number of aryl methyl sites for hydroxylation is 2. The van der Waals surface area contributed by atoms with Crippen LogP contribution in [0.15, 0.2) is 65.8 Å². The average molecular weight is 479 g/mol. The Balaban J connectivity index is 1.44. The minimum absolute atomic E-state index is 0.229. The van der Waals surface area contributed by atoms with Gasteiger partial charge < -0.3 is 10.6 Å². The van der Waals surface area contributed by atoms with Gasteiger partial charge in [-0.05, 0) is 36.9 Å². The number of aromatic nitrogens is 4. The molecule has 0 saturated carbocycles. The zero-order valence-electron chi connectivity index (χ0n) is 19.3. The maximum atomic E-state index is 14.6. The van der Waals surface area contributed by atoms with E-state index in [2.05, 4.69) is 25.6 Å². The number of halogens is 2. The molecule has 0 unspecified atom stereocenters. The van der Waals surface area contributed by atoms with Crippen LogP contribution in [0.5, 0.6) is 0 Å². The lowest BCUT2D eigenvalue weighted by Gasteiger charge is -2.18. The summed E-state index contributed by atoms with van der Waals surface area (Å²) in [5.41, 5.74) is 0.655. The molecule has 0 aliphatic heterocycles. The highest BCUT2D eigenvalue weighted by molar-refractivity contribution is 5.85. The lowest BCUT2D eigenvalue weighted by molar-refractivity contribution is -0.121. The molecule has 3 aromatic heterocycles. The number of carbonyl (C=O) groups excluding carboxylic acids is 1. The Labute approximate surface area is 200 Å². The summed E-state index contributed by atoms with van der Waals surface area (Å²) in [6, 6.07) is 12.0. The molecule has 8 nitrogen and oxygen atoms in total. The molecule has 0 radical (unpaired) electrons. The molecule has 0 aliphatic rings. The number of hydrogen-bond donors (Lipinski definition) is 2. The van der Waals surface area contributed by atoms with E-state index in [-0.39, 0.29) is 18.9 Å². The highest BCUT2D eigenvalue weighted by atomic mass is 19.3. The molecular formula is C25H24F2N6O2. The normalized spacial score (nSPS) is 11.4. The van der Waals surface area contributed by atoms with Crippen LogP contribution in [-0.4, -0.2) is 32.0 Å². The third-order valence-corrected chi connectivity index (χ3v) is 5.52. The number of alkyl halides is 2. The monoisotopic (exact) mass is 478 g/mol. The first-order valence-electron chi connectivity index (χ1n) is 11.0. The maximum absolute atomic E-state index is 14.6. The summed E-state index contributed by atoms with van der Waals surface area (Å²) in [5.74, 6) is -4.00. The van der Waals surface area contributed by atoms with Gasteiger partial charge in [0.2, 0.25) is 5.91 Å². The van der Waals surface area contributed by atoms with Crippen molar-refractivity contribution in [3.63, 3.8) is 0 Å². The molecule has 0 bridgehead atoms. The number of nitrogens with one attached hydrogen (secondary N) is 2. The van der Waals surface area contributed by atoms with Crippen molar-refractivity contribution < 1.29 is 13.6 Å². The summed E-state index contributed by atoms with van der Waals surface area (Å²) in [5, 5.41) is 7.13. The van der Waals surface area contributed by atoms with Crippen LogP contribution >= 0.6 is 0 Å². The fraction of sp³-hybridized carbons (Fsp3) is 0.240. The number of nitrogens with zero attached hydrogens (tertiary/aromatic N) is 4. The smallest absolute Gasteiger partial charge is 0.306 e. The van der Waals surface area contributed by atoms with Gasteiger partial charge in [-0.1, -0.05) is 30.3 Å². The van der Waals surface area contributed by atoms with Crippen molar-refractivity contribution in [3.8, 4) is 0 Å². The predicted octanol–water partition coefficient (Wildman–Crippen LogP) is 3.32. The van der Waals surface area contributed by atoms with Crippen molar-refractivity contribution in [1.29, 1.82) is 0 Å². The Bertz CT molecular complexity index is 1430. The predicted molar refractivity (Wildman–Crippen MR) is 128 cm³/mol. The maximum Gasteiger partial charge on any atom is 0.306 e. The van der Waals surface area contributed by atoms with Gasteiger partial charge in [-0.2, -0.15) is 8.78 Å². The van der Waals surface area contributed by atoms with Crippen LogP contribution in [0.1, 0.15) is 22.6 Å². The molecule has 3 heterocycles. The van der Waals surface area contributed by atoms with Crippen molar-refractivity contribution >= 4 is 22.5 Å². The lowest BCUT2D eigenvalue weighted by atomic mass is 10.1. The van der Waals surface area contributed by atoms with Gasteiger partial charge in [0.25, 0.3) is 5.56 Å². The van der Waals surface area contributed by atoms with E-state index in [1.54, 1.807) is 32.3 Å². The van der Waals surface area contributed by atoms with Gasteiger partial charge in [0, 0.05) is 41.9 Å². The van der Waals surface area contributed by atoms with E-state index in [0.717, 1.165) is 16.3 Å². The molecule has 2 N–H and O–H groups in total. The van der Waals surface area contributed by atoms with E-state index < -0.39 is 29.6 Å². The zero-order chi connectivity index (χ0) is 25.0. The molecule has 1 amide bonds. The van der Waals surface area contributed by atoms with Crippen LogP contribution in [0, 0.1) is 13.8 Å². The van der Waals surface area contributed by atoms with E-state index in [1.165, 1.54) is 22.9 Å². The number of fused-ring (bicyclic) bond motifs is 1. The van der Waals surface area contributed by atoms with Crippen molar-refractivity contribution in [2.45, 2.75) is 32.9 Å². The number of hydrogen-bond acceptors (Lipinski definition) is 6.